The summed E-state index contributed by atoms with van der Waals surface area (Å²) in [4.78, 5) is 13.9. The summed E-state index contributed by atoms with van der Waals surface area (Å²) in [5.41, 5.74) is 0. The smallest absolute Gasteiger partial charge is 0.205 e. The predicted octanol–water partition coefficient (Wildman–Crippen LogP) is 1.77. The normalized spacial score (nSPS) is 18.4. The number of aliphatic hydroxyl groups excluding tert-OH is 1. The topological polar surface area (TPSA) is 77.9 Å². The van der Waals surface area contributed by atoms with Gasteiger partial charge in [0.05, 0.1) is 0 Å². The molecule has 1 aliphatic heterocycles. The molecule has 1 saturated heterocycles. The van der Waals surface area contributed by atoms with Crippen molar-refractivity contribution >= 4 is 16.7 Å². The molecule has 1 aliphatic rings. The van der Waals surface area contributed by atoms with Crippen molar-refractivity contribution in [2.45, 2.75) is 32.3 Å². The number of hydrogen-bond acceptors (Lipinski definition) is 6. The van der Waals surface area contributed by atoms with Crippen molar-refractivity contribution < 1.29 is 5.11 Å². The lowest BCUT2D eigenvalue weighted by Gasteiger charge is -2.33. The quantitative estimate of drug-likeness (QED) is 0.898. The predicted molar refractivity (Wildman–Crippen MR) is 77.8 cm³/mol. The first-order valence-corrected chi connectivity index (χ1v) is 7.80. The first-order chi connectivity index (χ1) is 9.78. The second-order valence-electron chi connectivity index (χ2n) is 5.09. The van der Waals surface area contributed by atoms with E-state index < -0.39 is 6.10 Å². The van der Waals surface area contributed by atoms with Crippen LogP contribution in [0.5, 0.6) is 0 Å². The fraction of sp³-hybridized carbons (Fsp3) is 0.615. The molecule has 0 radical (unpaired) electrons. The zero-order chi connectivity index (χ0) is 13.9. The van der Waals surface area contributed by atoms with Crippen molar-refractivity contribution in [1.82, 2.24) is 19.3 Å². The number of imidazole rings is 1. The molecule has 0 amide bonds. The van der Waals surface area contributed by atoms with E-state index in [1.54, 1.807) is 12.4 Å². The summed E-state index contributed by atoms with van der Waals surface area (Å²) in [6, 6.07) is 0. The molecule has 7 heteroatoms. The number of aromatic nitrogens is 4. The fourth-order valence-corrected chi connectivity index (χ4v) is 3.39. The van der Waals surface area contributed by atoms with Gasteiger partial charge in [0.1, 0.15) is 17.8 Å². The molecule has 1 atom stereocenters. The molecule has 2 aromatic heterocycles. The van der Waals surface area contributed by atoms with Gasteiger partial charge in [-0.25, -0.2) is 9.97 Å². The molecule has 0 aromatic carbocycles. The van der Waals surface area contributed by atoms with Crippen molar-refractivity contribution in [1.29, 1.82) is 0 Å². The Morgan fingerprint density at radius 3 is 2.90 bits per heavy atom. The Bertz CT molecular complexity index is 533. The van der Waals surface area contributed by atoms with E-state index in [1.807, 2.05) is 0 Å². The number of aromatic amines is 1. The van der Waals surface area contributed by atoms with Crippen molar-refractivity contribution in [2.24, 2.45) is 5.92 Å². The lowest BCUT2D eigenvalue weighted by atomic mass is 9.91. The molecule has 3 heterocycles. The maximum absolute atomic E-state index is 10.3. The van der Waals surface area contributed by atoms with Gasteiger partial charge in [-0.15, -0.1) is 0 Å². The van der Waals surface area contributed by atoms with Crippen LogP contribution in [-0.4, -0.2) is 37.5 Å². The molecule has 0 aliphatic carbocycles. The van der Waals surface area contributed by atoms with E-state index in [2.05, 4.69) is 31.1 Å². The van der Waals surface area contributed by atoms with E-state index in [0.29, 0.717) is 5.82 Å². The van der Waals surface area contributed by atoms with Crippen LogP contribution in [0.2, 0.25) is 0 Å². The Hall–Kier alpha value is -1.47. The number of nitrogens with zero attached hydrogens (tertiary/aromatic N) is 4. The van der Waals surface area contributed by atoms with Gasteiger partial charge < -0.3 is 15.0 Å². The van der Waals surface area contributed by atoms with Crippen LogP contribution in [0.15, 0.2) is 12.4 Å². The first kappa shape index (κ1) is 13.5. The van der Waals surface area contributed by atoms with Crippen LogP contribution >= 0.6 is 11.5 Å². The van der Waals surface area contributed by atoms with Gasteiger partial charge in [0, 0.05) is 43.4 Å². The Morgan fingerprint density at radius 1 is 1.50 bits per heavy atom. The molecule has 6 nitrogen and oxygen atoms in total. The van der Waals surface area contributed by atoms with Crippen molar-refractivity contribution in [3.05, 3.63) is 24.0 Å². The second-order valence-corrected chi connectivity index (χ2v) is 5.82. The average Bonchev–Trinajstić information content (AvgIpc) is 3.18. The molecule has 0 spiro atoms. The third kappa shape index (κ3) is 2.69. The summed E-state index contributed by atoms with van der Waals surface area (Å²) in [5.74, 6) is 1.85. The number of H-pyrrole nitrogens is 1. The summed E-state index contributed by atoms with van der Waals surface area (Å²) in [6.07, 6.45) is 5.71. The van der Waals surface area contributed by atoms with Gasteiger partial charge in [-0.3, -0.25) is 0 Å². The highest BCUT2D eigenvalue weighted by Gasteiger charge is 2.28. The van der Waals surface area contributed by atoms with Crippen molar-refractivity contribution in [3.8, 4) is 0 Å². The Labute approximate surface area is 122 Å². The Morgan fingerprint density at radius 2 is 2.30 bits per heavy atom. The van der Waals surface area contributed by atoms with E-state index in [0.717, 1.165) is 43.3 Å². The molecular weight excluding hydrogens is 274 g/mol. The summed E-state index contributed by atoms with van der Waals surface area (Å²) in [6.45, 7) is 3.90. The monoisotopic (exact) mass is 293 g/mol. The van der Waals surface area contributed by atoms with Gasteiger partial charge in [-0.1, -0.05) is 6.92 Å². The van der Waals surface area contributed by atoms with Crippen molar-refractivity contribution in [3.63, 3.8) is 0 Å². The Balaban J connectivity index is 1.59. The Kier molecular flexibility index (Phi) is 3.98. The van der Waals surface area contributed by atoms with Gasteiger partial charge in [-0.05, 0) is 18.8 Å². The molecule has 2 aromatic rings. The SMILES string of the molecule is CCc1nsc(N2CCC(C(O)c3ncc[nH]3)CC2)n1. The number of aliphatic hydroxyl groups is 1. The number of anilines is 1. The highest BCUT2D eigenvalue weighted by atomic mass is 32.1. The van der Waals surface area contributed by atoms with E-state index in [-0.39, 0.29) is 5.92 Å². The van der Waals surface area contributed by atoms with Crippen LogP contribution in [0.25, 0.3) is 0 Å². The van der Waals surface area contributed by atoms with Crippen LogP contribution in [-0.2, 0) is 6.42 Å². The summed E-state index contributed by atoms with van der Waals surface area (Å²) in [5, 5.41) is 11.3. The van der Waals surface area contributed by atoms with Gasteiger partial charge in [0.15, 0.2) is 0 Å². The van der Waals surface area contributed by atoms with Crippen molar-refractivity contribution in [2.75, 3.05) is 18.0 Å². The van der Waals surface area contributed by atoms with E-state index in [9.17, 15) is 5.11 Å². The highest BCUT2D eigenvalue weighted by Crippen LogP contribution is 2.31. The summed E-state index contributed by atoms with van der Waals surface area (Å²) >= 11 is 1.47. The van der Waals surface area contributed by atoms with E-state index >= 15 is 0 Å². The second kappa shape index (κ2) is 5.88. The summed E-state index contributed by atoms with van der Waals surface area (Å²) < 4.78 is 4.33. The number of rotatable bonds is 4. The molecule has 20 heavy (non-hydrogen) atoms. The minimum Gasteiger partial charge on any atom is -0.385 e. The minimum absolute atomic E-state index is 0.260. The average molecular weight is 293 g/mol. The highest BCUT2D eigenvalue weighted by molar-refractivity contribution is 7.09. The minimum atomic E-state index is -0.493. The third-order valence-electron chi connectivity index (χ3n) is 3.83. The number of nitrogens with one attached hydrogen (secondary N) is 1. The van der Waals surface area contributed by atoms with Gasteiger partial charge in [0.2, 0.25) is 5.13 Å². The molecule has 1 fully saturated rings. The third-order valence-corrected chi connectivity index (χ3v) is 4.64. The maximum Gasteiger partial charge on any atom is 0.205 e. The molecule has 3 rings (SSSR count). The van der Waals surface area contributed by atoms with Crippen LogP contribution in [0.4, 0.5) is 5.13 Å². The first-order valence-electron chi connectivity index (χ1n) is 7.02. The maximum atomic E-state index is 10.3. The van der Waals surface area contributed by atoms with Crippen LogP contribution in [0.3, 0.4) is 0 Å². The molecule has 108 valence electrons. The molecular formula is C13H19N5OS. The van der Waals surface area contributed by atoms with E-state index in [1.165, 1.54) is 11.5 Å². The molecule has 0 saturated carbocycles. The number of piperidine rings is 1. The zero-order valence-electron chi connectivity index (χ0n) is 11.5. The lowest BCUT2D eigenvalue weighted by Crippen LogP contribution is -2.35. The molecule has 2 N–H and O–H groups in total. The van der Waals surface area contributed by atoms with Crippen LogP contribution < -0.4 is 4.90 Å². The zero-order valence-corrected chi connectivity index (χ0v) is 12.3. The van der Waals surface area contributed by atoms with Gasteiger partial charge in [-0.2, -0.15) is 4.37 Å². The molecule has 1 unspecified atom stereocenters. The van der Waals surface area contributed by atoms with Crippen LogP contribution in [0, 0.1) is 5.92 Å². The number of hydrogen-bond donors (Lipinski definition) is 2. The largest absolute Gasteiger partial charge is 0.385 e. The van der Waals surface area contributed by atoms with Crippen LogP contribution in [0.1, 0.15) is 37.5 Å². The standard InChI is InChI=1S/C13H19N5OS/c1-2-10-16-13(20-17-10)18-7-3-9(4-8-18)11(19)12-14-5-6-15-12/h5-6,9,11,19H,2-4,7-8H2,1H3,(H,14,15). The van der Waals surface area contributed by atoms with E-state index in [4.69, 9.17) is 0 Å². The number of aryl methyl sites for hydroxylation is 1. The van der Waals surface area contributed by atoms with Gasteiger partial charge >= 0.3 is 0 Å². The fourth-order valence-electron chi connectivity index (χ4n) is 2.59. The van der Waals surface area contributed by atoms with Gasteiger partial charge in [0.25, 0.3) is 0 Å². The lowest BCUT2D eigenvalue weighted by molar-refractivity contribution is 0.0857. The summed E-state index contributed by atoms with van der Waals surface area (Å²) in [7, 11) is 0. The molecule has 0 bridgehead atoms.